The standard InChI is InChI=1S/C49H54F2N8O6.C44H45F2N5O3.C7H13NO4/c1-24(2)39(56-46(62)64-5)44(60)58-23-48(15-16-48)21-38(58)42-52-22-37(55-42)28-9-13-32-31-12-8-26(18-33(31)49(50,51)34(32)19-28)27-10-14-35-36(20-27)54-43(53-35)41-29-7-11-30(17-29)59(41)45(61)40(25(3)4)57-47(63)65-6;1-23(2)38(50-42(53)54-3)41(52)51-29-8-4-27(18-29)39(51)40-48-36-11-7-25(21-37(36)49-40)24-5-9-30-31-10-6-26(20-33(31)44(45,46)32(30)19-24)34-12-13-35(47-34)28-14-15-43(22-28)16-17-43;1-4(2)5(6(9)10)8-7(11)12-3/h8-10,12-14,18-20,22,24-25,29-30,38-41H,7,11,15-17,21,23H2,1-6H3,(H,52,55)(H,53,54)(H,56,62)(H,57,63);5-7,9-13,19-21,23,27-29,38-39,47H,4,8,14-18,22H2,1-3H3,(H,48,49)(H,50,53);4-5H,1-3H3,(H,8,11)(H,9,10)/t29-,30+,38-,39+,40+,41-;27-,28-,29+,38+,39-;5-/m001/s1. The van der Waals surface area contributed by atoms with Gasteiger partial charge in [-0.15, -0.1) is 0 Å². The first-order valence-corrected chi connectivity index (χ1v) is 45.7. The number of carboxylic acid groups (broad SMARTS) is 1. The third-order valence-corrected chi connectivity index (χ3v) is 29.6. The molecule has 4 bridgehead atoms. The largest absolute Gasteiger partial charge is 0.480 e. The lowest BCUT2D eigenvalue weighted by atomic mass is 9.95. The Balaban J connectivity index is 0.000000158. The van der Waals surface area contributed by atoms with Crippen molar-refractivity contribution in [2.45, 2.75) is 217 Å². The van der Waals surface area contributed by atoms with Crippen molar-refractivity contribution in [3.63, 3.8) is 0 Å². The third-order valence-electron chi connectivity index (χ3n) is 29.6. The Morgan fingerprint density at radius 2 is 0.824 bits per heavy atom. The number of nitrogens with zero attached hydrogens (tertiary/aromatic N) is 6. The summed E-state index contributed by atoms with van der Waals surface area (Å²) >= 11 is 0. The molecule has 7 heterocycles. The van der Waals surface area contributed by atoms with Gasteiger partial charge in [-0.3, -0.25) is 14.4 Å². The number of carboxylic acids is 1. The van der Waals surface area contributed by atoms with Crippen LogP contribution in [0.25, 0.3) is 89.1 Å². The average Bonchev–Trinajstić information content (AvgIpc) is 1.54. The van der Waals surface area contributed by atoms with Gasteiger partial charge in [0.1, 0.15) is 41.6 Å². The minimum Gasteiger partial charge on any atom is -0.480 e. The minimum atomic E-state index is -3.29. The number of imidazole rings is 3. The summed E-state index contributed by atoms with van der Waals surface area (Å²) in [4.78, 5) is 134. The molecule has 688 valence electrons. The molecule has 6 aromatic carbocycles. The smallest absolute Gasteiger partial charge is 0.407 e. The third kappa shape index (κ3) is 16.4. The summed E-state index contributed by atoms with van der Waals surface area (Å²) in [5.74, 6) is -5.67. The number of piperidine rings is 2. The van der Waals surface area contributed by atoms with Crippen LogP contribution < -0.4 is 21.3 Å². The maximum absolute atomic E-state index is 16.7. The van der Waals surface area contributed by atoms with Crippen molar-refractivity contribution in [2.75, 3.05) is 35.0 Å². The Labute approximate surface area is 755 Å². The molecule has 131 heavy (non-hydrogen) atoms. The van der Waals surface area contributed by atoms with Gasteiger partial charge in [0.05, 0.1) is 80.5 Å². The molecule has 20 rings (SSSR count). The van der Waals surface area contributed by atoms with Crippen LogP contribution in [0, 0.1) is 46.3 Å². The monoisotopic (exact) mass is 1790 g/mol. The number of nitrogens with one attached hydrogen (secondary N) is 8. The number of benzene rings is 6. The molecule has 5 saturated carbocycles. The van der Waals surface area contributed by atoms with Crippen LogP contribution in [0.3, 0.4) is 0 Å². The second kappa shape index (κ2) is 34.3. The Bertz CT molecular complexity index is 6180. The number of hydrogen-bond donors (Lipinski definition) is 9. The summed E-state index contributed by atoms with van der Waals surface area (Å²) in [5, 5.41) is 19.0. The first-order valence-electron chi connectivity index (χ1n) is 45.7. The number of rotatable bonds is 20. The molecule has 0 unspecified atom stereocenters. The van der Waals surface area contributed by atoms with E-state index in [1.807, 2.05) is 130 Å². The number of alkyl carbamates (subject to hydrolysis) is 4. The van der Waals surface area contributed by atoms with Crippen LogP contribution >= 0.6 is 0 Å². The predicted molar refractivity (Wildman–Crippen MR) is 482 cm³/mol. The van der Waals surface area contributed by atoms with Gasteiger partial charge >= 0.3 is 30.3 Å². The summed E-state index contributed by atoms with van der Waals surface area (Å²) in [7, 11) is 5.02. The first-order chi connectivity index (χ1) is 62.6. The summed E-state index contributed by atoms with van der Waals surface area (Å²) in [6.45, 7) is 15.3. The van der Waals surface area contributed by atoms with Crippen molar-refractivity contribution >= 4 is 70.1 Å². The molecule has 7 aliphatic carbocycles. The number of carbonyl (C=O) groups excluding carboxylic acids is 7. The number of aromatic amines is 4. The zero-order valence-corrected chi connectivity index (χ0v) is 75.5. The van der Waals surface area contributed by atoms with E-state index >= 15 is 17.6 Å². The predicted octanol–water partition coefficient (Wildman–Crippen LogP) is 18.9. The van der Waals surface area contributed by atoms with Crippen molar-refractivity contribution in [1.82, 2.24) is 70.9 Å². The minimum absolute atomic E-state index is 0.0102. The SMILES string of the molecule is COC(=O)N[C@@H](C(=O)N1CC2(CC2)C[C@H]1c1ncc(-c2ccc3c(c2)C(F)(F)c2cc(-c4ccc5nc([C@@H]6[C@H]7CC[C@H](C7)N6C(=O)[C@H](NC(=O)OC)C(C)C)[nH]c5c4)ccc2-3)[nH]1)C(C)C.COC(=O)N[C@@H](C(=O)N1[C@@H]2CC[C@@H](C2)[C@H]1c1nc2ccc(-c3ccc4c(c3)C(F)(F)c3cc(-c5ccc([C@H]6CCC7(CC7)C6)[nH]5)ccc3-4)cc2[nH]1)C(C)C.COC(=O)N[C@@H](C(=O)O)C(C)C. The van der Waals surface area contributed by atoms with E-state index in [4.69, 9.17) is 34.3 Å². The molecule has 27 nitrogen and oxygen atoms in total. The van der Waals surface area contributed by atoms with Crippen LogP contribution in [0.5, 0.6) is 0 Å². The Hall–Kier alpha value is -12.6. The molecule has 7 amide bonds. The zero-order chi connectivity index (χ0) is 92.5. The molecule has 10 aliphatic rings. The van der Waals surface area contributed by atoms with Crippen molar-refractivity contribution in [3.8, 4) is 67.0 Å². The van der Waals surface area contributed by atoms with Crippen LogP contribution in [0.4, 0.5) is 36.7 Å². The van der Waals surface area contributed by atoms with E-state index in [-0.39, 0.29) is 111 Å². The maximum Gasteiger partial charge on any atom is 0.407 e. The molecule has 4 aromatic heterocycles. The molecule has 0 radical (unpaired) electrons. The van der Waals surface area contributed by atoms with E-state index in [0.717, 1.165) is 96.7 Å². The fourth-order valence-electron chi connectivity index (χ4n) is 22.1. The molecule has 2 spiro atoms. The second-order valence-corrected chi connectivity index (χ2v) is 39.1. The number of ether oxygens (including phenoxy) is 4. The Morgan fingerprint density at radius 1 is 0.427 bits per heavy atom. The summed E-state index contributed by atoms with van der Waals surface area (Å²) in [5.41, 5.74) is 12.4. The lowest BCUT2D eigenvalue weighted by Gasteiger charge is -2.37. The average molecular weight is 1790 g/mol. The second-order valence-electron chi connectivity index (χ2n) is 39.1. The quantitative estimate of drug-likeness (QED) is 0.0253. The Morgan fingerprint density at radius 3 is 1.24 bits per heavy atom. The van der Waals surface area contributed by atoms with Crippen LogP contribution in [-0.2, 0) is 50.0 Å². The normalized spacial score (nSPS) is 22.7. The van der Waals surface area contributed by atoms with Gasteiger partial charge in [-0.2, -0.15) is 17.6 Å². The fraction of sp³-hybridized carbons (Fsp3) is 0.470. The van der Waals surface area contributed by atoms with Gasteiger partial charge in [0.15, 0.2) is 0 Å². The van der Waals surface area contributed by atoms with Crippen LogP contribution in [0.15, 0.2) is 128 Å². The molecule has 10 aromatic rings. The molecular weight excluding hydrogens is 1680 g/mol. The van der Waals surface area contributed by atoms with Crippen molar-refractivity contribution < 1.29 is 80.0 Å². The van der Waals surface area contributed by atoms with Gasteiger partial charge in [-0.05, 0) is 253 Å². The number of halogens is 4. The molecule has 12 atom stereocenters. The van der Waals surface area contributed by atoms with Crippen LogP contribution in [0.2, 0.25) is 0 Å². The Kier molecular flexibility index (Phi) is 23.3. The number of methoxy groups -OCH3 is 4. The lowest BCUT2D eigenvalue weighted by Crippen LogP contribution is -2.54. The summed E-state index contributed by atoms with van der Waals surface area (Å²) in [6.07, 6.45) is 13.6. The van der Waals surface area contributed by atoms with Crippen LogP contribution in [0.1, 0.15) is 215 Å². The van der Waals surface area contributed by atoms with Crippen molar-refractivity contribution in [1.29, 1.82) is 0 Å². The van der Waals surface area contributed by atoms with E-state index in [1.165, 1.54) is 72.3 Å². The van der Waals surface area contributed by atoms with E-state index in [0.29, 0.717) is 85.5 Å². The van der Waals surface area contributed by atoms with E-state index in [9.17, 15) is 38.4 Å². The summed E-state index contributed by atoms with van der Waals surface area (Å²) < 4.78 is 84.8. The van der Waals surface area contributed by atoms with Gasteiger partial charge < -0.3 is 80.0 Å². The van der Waals surface area contributed by atoms with Gasteiger partial charge in [0.2, 0.25) is 17.7 Å². The summed E-state index contributed by atoms with van der Waals surface area (Å²) in [6, 6.07) is 32.8. The molecular formula is C100H112F4N14O13. The number of alkyl halides is 4. The highest BCUT2D eigenvalue weighted by Crippen LogP contribution is 2.63. The number of aromatic nitrogens is 7. The van der Waals surface area contributed by atoms with Gasteiger partial charge in [0, 0.05) is 57.8 Å². The number of hydrogen-bond acceptors (Lipinski definition) is 15. The van der Waals surface area contributed by atoms with Gasteiger partial charge in [-0.25, -0.2) is 38.9 Å². The topological polar surface area (TPSA) is 353 Å². The number of likely N-dealkylation sites (tertiary alicyclic amines) is 3. The molecule has 31 heteroatoms. The number of H-pyrrole nitrogens is 4. The molecule has 9 N–H and O–H groups in total. The molecule has 8 fully saturated rings. The number of aliphatic carboxylic acids is 1. The van der Waals surface area contributed by atoms with Crippen molar-refractivity contribution in [2.24, 2.45) is 46.3 Å². The van der Waals surface area contributed by atoms with Crippen molar-refractivity contribution in [3.05, 3.63) is 173 Å². The molecule has 3 saturated heterocycles. The zero-order valence-electron chi connectivity index (χ0n) is 75.5. The highest BCUT2D eigenvalue weighted by Gasteiger charge is 2.58. The van der Waals surface area contributed by atoms with E-state index in [2.05, 4.69) is 52.0 Å². The number of amides is 7. The number of carbonyl (C=O) groups is 8. The van der Waals surface area contributed by atoms with Gasteiger partial charge in [-0.1, -0.05) is 116 Å². The number of fused-ring (bicyclic) bond motifs is 12. The van der Waals surface area contributed by atoms with Gasteiger partial charge in [0.25, 0.3) is 11.8 Å². The van der Waals surface area contributed by atoms with E-state index < -0.39 is 66.4 Å². The van der Waals surface area contributed by atoms with E-state index in [1.54, 1.807) is 55.3 Å². The highest BCUT2D eigenvalue weighted by atomic mass is 19.3. The lowest BCUT2D eigenvalue weighted by molar-refractivity contribution is -0.141. The highest BCUT2D eigenvalue weighted by molar-refractivity contribution is 5.93. The fourth-order valence-corrected chi connectivity index (χ4v) is 22.1. The van der Waals surface area contributed by atoms with Crippen LogP contribution in [-0.4, -0.2) is 174 Å². The molecule has 3 aliphatic heterocycles. The first kappa shape index (κ1) is 89.0. The maximum atomic E-state index is 16.7.